The van der Waals surface area contributed by atoms with Crippen molar-refractivity contribution in [2.24, 2.45) is 56.7 Å². The van der Waals surface area contributed by atoms with E-state index < -0.39 is 0 Å². The molecule has 0 aromatic heterocycles. The van der Waals surface area contributed by atoms with Gasteiger partial charge >= 0.3 is 0 Å². The number of hydrogen-bond acceptors (Lipinski definition) is 4. The molecular weight excluding hydrogens is 506 g/mol. The summed E-state index contributed by atoms with van der Waals surface area (Å²) in [6.45, 7) is 22.3. The second-order valence-electron chi connectivity index (χ2n) is 17.2. The molecule has 0 spiro atoms. The van der Waals surface area contributed by atoms with E-state index in [1.807, 2.05) is 0 Å². The normalized spacial score (nSPS) is 49.6. The van der Waals surface area contributed by atoms with Crippen LogP contribution < -0.4 is 0 Å². The zero-order chi connectivity index (χ0) is 29.4. The lowest BCUT2D eigenvalue weighted by molar-refractivity contribution is -0.204. The molecule has 0 amide bonds. The average Bonchev–Trinajstić information content (AvgIpc) is 2.94. The van der Waals surface area contributed by atoms with E-state index >= 15 is 0 Å². The van der Waals surface area contributed by atoms with Gasteiger partial charge in [0.1, 0.15) is 5.78 Å². The number of allylic oxidation sites excluding steroid dienone is 2. The van der Waals surface area contributed by atoms with Crippen LogP contribution in [-0.4, -0.2) is 54.7 Å². The predicted octanol–water partition coefficient (Wildman–Crippen LogP) is 7.69. The number of aliphatic hydroxyl groups is 1. The number of aliphatic hydroxyl groups excluding tert-OH is 1. The number of carbonyl (C=O) groups is 1. The molecule has 6 rings (SSSR count). The Balaban J connectivity index is 1.31. The number of morpholine rings is 1. The highest BCUT2D eigenvalue weighted by atomic mass is 16.5. The van der Waals surface area contributed by atoms with E-state index in [0.29, 0.717) is 35.4 Å². The van der Waals surface area contributed by atoms with E-state index in [-0.39, 0.29) is 33.2 Å². The van der Waals surface area contributed by atoms with E-state index in [2.05, 4.69) is 59.4 Å². The lowest BCUT2D eigenvalue weighted by Gasteiger charge is -2.71. The Morgan fingerprint density at radius 3 is 2.41 bits per heavy atom. The summed E-state index contributed by atoms with van der Waals surface area (Å²) < 4.78 is 5.54. The standard InChI is InChI=1S/C37H61NO3/c1-25-12-17-37(31(40)9-8-20-38-21-23-41-24-22-38)19-18-35(6)27(32(37)26(25)2)10-11-29-34(5)15-14-30(39)33(3,4)28(34)13-16-36(29,35)7/h10,25-26,28-30,32,39H,8-9,11-24H2,1-7H3/t25-,26+,28+,29-,30+,32+,34+,35-,36-,37-/m1/s1. The molecule has 10 atom stereocenters. The highest BCUT2D eigenvalue weighted by Gasteiger charge is 2.69. The van der Waals surface area contributed by atoms with Gasteiger partial charge in [-0.3, -0.25) is 9.69 Å². The number of carbonyl (C=O) groups excluding carboxylic acids is 1. The van der Waals surface area contributed by atoms with Crippen molar-refractivity contribution >= 4 is 5.78 Å². The van der Waals surface area contributed by atoms with Crippen molar-refractivity contribution in [3.05, 3.63) is 11.6 Å². The zero-order valence-electron chi connectivity index (χ0n) is 27.6. The maximum absolute atomic E-state index is 14.4. The van der Waals surface area contributed by atoms with Crippen molar-refractivity contribution < 1.29 is 14.6 Å². The monoisotopic (exact) mass is 567 g/mol. The molecule has 0 aromatic carbocycles. The summed E-state index contributed by atoms with van der Waals surface area (Å²) >= 11 is 0. The molecule has 5 fully saturated rings. The highest BCUT2D eigenvalue weighted by Crippen LogP contribution is 2.75. The van der Waals surface area contributed by atoms with Crippen molar-refractivity contribution in [2.45, 2.75) is 125 Å². The van der Waals surface area contributed by atoms with Gasteiger partial charge in [0.25, 0.3) is 0 Å². The molecular formula is C37H61NO3. The summed E-state index contributed by atoms with van der Waals surface area (Å²) in [6, 6.07) is 0. The van der Waals surface area contributed by atoms with Gasteiger partial charge in [-0.1, -0.05) is 60.1 Å². The smallest absolute Gasteiger partial charge is 0.139 e. The summed E-state index contributed by atoms with van der Waals surface area (Å²) in [6.07, 6.45) is 14.6. The third-order valence-corrected chi connectivity index (χ3v) is 15.5. The molecule has 6 aliphatic rings. The van der Waals surface area contributed by atoms with Crippen molar-refractivity contribution in [3.8, 4) is 0 Å². The number of rotatable bonds is 5. The molecule has 1 N–H and O–H groups in total. The van der Waals surface area contributed by atoms with Gasteiger partial charge in [0, 0.05) is 24.9 Å². The minimum atomic E-state index is -0.177. The zero-order valence-corrected chi connectivity index (χ0v) is 27.6. The first-order valence-electron chi connectivity index (χ1n) is 17.5. The minimum absolute atomic E-state index is 0.0120. The van der Waals surface area contributed by atoms with Gasteiger partial charge in [-0.25, -0.2) is 0 Å². The van der Waals surface area contributed by atoms with E-state index in [1.54, 1.807) is 5.57 Å². The number of ether oxygens (including phenoxy) is 1. The van der Waals surface area contributed by atoms with Crippen molar-refractivity contribution in [1.82, 2.24) is 4.90 Å². The fraction of sp³-hybridized carbons (Fsp3) is 0.919. The molecule has 232 valence electrons. The van der Waals surface area contributed by atoms with Crippen LogP contribution in [0.1, 0.15) is 119 Å². The highest BCUT2D eigenvalue weighted by molar-refractivity contribution is 5.86. The summed E-state index contributed by atoms with van der Waals surface area (Å²) in [5.41, 5.74) is 2.23. The topological polar surface area (TPSA) is 49.8 Å². The van der Waals surface area contributed by atoms with Crippen LogP contribution in [0.15, 0.2) is 11.6 Å². The number of nitrogens with zero attached hydrogens (tertiary/aromatic N) is 1. The molecule has 1 saturated heterocycles. The van der Waals surface area contributed by atoms with Crippen LogP contribution in [0.3, 0.4) is 0 Å². The fourth-order valence-electron chi connectivity index (χ4n) is 12.5. The molecule has 0 aromatic rings. The Morgan fingerprint density at radius 2 is 1.68 bits per heavy atom. The van der Waals surface area contributed by atoms with E-state index in [1.165, 1.54) is 32.1 Å². The molecule has 4 saturated carbocycles. The number of hydrogen-bond donors (Lipinski definition) is 1. The Hall–Kier alpha value is -0.710. The third kappa shape index (κ3) is 4.33. The lowest BCUT2D eigenvalue weighted by atomic mass is 9.33. The van der Waals surface area contributed by atoms with Gasteiger partial charge in [-0.15, -0.1) is 0 Å². The van der Waals surface area contributed by atoms with Crippen LogP contribution >= 0.6 is 0 Å². The number of ketones is 1. The Labute approximate surface area is 251 Å². The van der Waals surface area contributed by atoms with Crippen LogP contribution in [0, 0.1) is 56.7 Å². The van der Waals surface area contributed by atoms with E-state index in [4.69, 9.17) is 4.74 Å². The molecule has 4 heteroatoms. The minimum Gasteiger partial charge on any atom is -0.393 e. The van der Waals surface area contributed by atoms with E-state index in [0.717, 1.165) is 71.4 Å². The first-order valence-corrected chi connectivity index (χ1v) is 17.5. The first-order chi connectivity index (χ1) is 19.3. The van der Waals surface area contributed by atoms with Gasteiger partial charge in [0.15, 0.2) is 0 Å². The largest absolute Gasteiger partial charge is 0.393 e. The number of fused-ring (bicyclic) bond motifs is 7. The molecule has 0 radical (unpaired) electrons. The van der Waals surface area contributed by atoms with Gasteiger partial charge in [-0.05, 0) is 122 Å². The SMILES string of the molecule is C[C@H]1[C@H](C)CC[C@]2(C(=O)CCCN3CCOCC3)CC[C@]3(C)C(=CC[C@@H]4[C@@]5(C)CC[C@H](O)C(C)(C)[C@@H]5CC[C@]43C)[C@H]12. The molecule has 5 aliphatic carbocycles. The maximum atomic E-state index is 14.4. The van der Waals surface area contributed by atoms with Crippen LogP contribution in [-0.2, 0) is 9.53 Å². The quantitative estimate of drug-likeness (QED) is 0.346. The summed E-state index contributed by atoms with van der Waals surface area (Å²) in [5.74, 6) is 3.48. The number of Topliss-reactive ketones (excluding diaryl/α,β-unsaturated/α-hetero) is 1. The van der Waals surface area contributed by atoms with Crippen molar-refractivity contribution in [2.75, 3.05) is 32.8 Å². The summed E-state index contributed by atoms with van der Waals surface area (Å²) in [5, 5.41) is 11.0. The third-order valence-electron chi connectivity index (χ3n) is 15.5. The van der Waals surface area contributed by atoms with Crippen LogP contribution in [0.5, 0.6) is 0 Å². The van der Waals surface area contributed by atoms with Crippen molar-refractivity contribution in [1.29, 1.82) is 0 Å². The molecule has 1 aliphatic heterocycles. The predicted molar refractivity (Wildman–Crippen MR) is 166 cm³/mol. The van der Waals surface area contributed by atoms with Crippen LogP contribution in [0.25, 0.3) is 0 Å². The fourth-order valence-corrected chi connectivity index (χ4v) is 12.5. The van der Waals surface area contributed by atoms with Crippen LogP contribution in [0.4, 0.5) is 0 Å². The Kier molecular flexibility index (Phi) is 7.72. The maximum Gasteiger partial charge on any atom is 0.139 e. The molecule has 4 nitrogen and oxygen atoms in total. The van der Waals surface area contributed by atoms with Gasteiger partial charge in [0.05, 0.1) is 19.3 Å². The lowest BCUT2D eigenvalue weighted by Crippen LogP contribution is -2.65. The summed E-state index contributed by atoms with van der Waals surface area (Å²) in [4.78, 5) is 16.9. The average molecular weight is 568 g/mol. The van der Waals surface area contributed by atoms with E-state index in [9.17, 15) is 9.90 Å². The second-order valence-corrected chi connectivity index (χ2v) is 17.2. The van der Waals surface area contributed by atoms with Crippen LogP contribution in [0.2, 0.25) is 0 Å². The molecule has 41 heavy (non-hydrogen) atoms. The molecule has 0 unspecified atom stereocenters. The molecule has 0 bridgehead atoms. The van der Waals surface area contributed by atoms with Gasteiger partial charge in [0.2, 0.25) is 0 Å². The second kappa shape index (κ2) is 10.4. The first kappa shape index (κ1) is 30.3. The van der Waals surface area contributed by atoms with Gasteiger partial charge in [-0.2, -0.15) is 0 Å². The molecule has 1 heterocycles. The van der Waals surface area contributed by atoms with Crippen molar-refractivity contribution in [3.63, 3.8) is 0 Å². The Morgan fingerprint density at radius 1 is 0.951 bits per heavy atom. The Bertz CT molecular complexity index is 1040. The van der Waals surface area contributed by atoms with Gasteiger partial charge < -0.3 is 9.84 Å². The summed E-state index contributed by atoms with van der Waals surface area (Å²) in [7, 11) is 0.